The Bertz CT molecular complexity index is 910. The van der Waals surface area contributed by atoms with Crippen LogP contribution in [-0.4, -0.2) is 13.0 Å². The van der Waals surface area contributed by atoms with Crippen LogP contribution in [0.3, 0.4) is 0 Å². The average molecular weight is 312 g/mol. The molecule has 0 spiro atoms. The van der Waals surface area contributed by atoms with Crippen molar-refractivity contribution in [3.63, 3.8) is 0 Å². The summed E-state index contributed by atoms with van der Waals surface area (Å²) in [5, 5.41) is 5.33. The Labute approximate surface area is 129 Å². The molecule has 2 N–H and O–H groups in total. The molecule has 112 valence electrons. The van der Waals surface area contributed by atoms with E-state index in [9.17, 15) is 8.42 Å². The summed E-state index contributed by atoms with van der Waals surface area (Å²) in [6.07, 6.45) is 1.83. The molecule has 3 aromatic rings. The third-order valence-corrected chi connectivity index (χ3v) is 4.49. The number of nitrogens with two attached hydrogens (primary N) is 1. The average Bonchev–Trinajstić information content (AvgIpc) is 2.96. The van der Waals surface area contributed by atoms with Crippen molar-refractivity contribution >= 4 is 10.0 Å². The van der Waals surface area contributed by atoms with Crippen LogP contribution >= 0.6 is 0 Å². The van der Waals surface area contributed by atoms with Gasteiger partial charge in [-0.1, -0.05) is 42.0 Å². The first-order valence-electron chi connectivity index (χ1n) is 6.83. The predicted octanol–water partition coefficient (Wildman–Crippen LogP) is 3.10. The van der Waals surface area contributed by atoms with E-state index in [2.05, 4.69) is 0 Å². The highest BCUT2D eigenvalue weighted by Gasteiger charge is 2.16. The topological polar surface area (TPSA) is 65.1 Å². The van der Waals surface area contributed by atoms with Crippen molar-refractivity contribution in [2.75, 3.05) is 0 Å². The Kier molecular flexibility index (Phi) is 3.60. The molecule has 1 aromatic heterocycles. The van der Waals surface area contributed by atoms with Gasteiger partial charge >= 0.3 is 0 Å². The lowest BCUT2D eigenvalue weighted by Gasteiger charge is -2.13. The SMILES string of the molecule is Cc1ccc(-c2cccn2-c2ccccc2S(N)(=O)=O)cc1. The van der Waals surface area contributed by atoms with E-state index in [1.54, 1.807) is 18.2 Å². The van der Waals surface area contributed by atoms with Gasteiger partial charge in [-0.05, 0) is 36.8 Å². The fourth-order valence-corrected chi connectivity index (χ4v) is 3.17. The quantitative estimate of drug-likeness (QED) is 0.807. The number of hydrogen-bond acceptors (Lipinski definition) is 2. The molecule has 0 aliphatic heterocycles. The van der Waals surface area contributed by atoms with E-state index in [0.717, 1.165) is 11.3 Å². The number of hydrogen-bond donors (Lipinski definition) is 1. The molecule has 4 nitrogen and oxygen atoms in total. The first-order chi connectivity index (χ1) is 10.5. The second kappa shape index (κ2) is 5.44. The maximum atomic E-state index is 11.8. The molecule has 5 heteroatoms. The lowest BCUT2D eigenvalue weighted by Crippen LogP contribution is -2.15. The van der Waals surface area contributed by atoms with E-state index >= 15 is 0 Å². The van der Waals surface area contributed by atoms with Crippen LogP contribution in [0.5, 0.6) is 0 Å². The number of aromatic nitrogens is 1. The van der Waals surface area contributed by atoms with Crippen molar-refractivity contribution < 1.29 is 8.42 Å². The minimum Gasteiger partial charge on any atom is -0.315 e. The molecule has 0 bridgehead atoms. The van der Waals surface area contributed by atoms with E-state index < -0.39 is 10.0 Å². The van der Waals surface area contributed by atoms with Gasteiger partial charge in [0, 0.05) is 6.20 Å². The van der Waals surface area contributed by atoms with E-state index in [0.29, 0.717) is 5.69 Å². The molecule has 3 rings (SSSR count). The van der Waals surface area contributed by atoms with Gasteiger partial charge < -0.3 is 4.57 Å². The highest BCUT2D eigenvalue weighted by atomic mass is 32.2. The van der Waals surface area contributed by atoms with Crippen LogP contribution in [0.25, 0.3) is 16.9 Å². The molecule has 0 amide bonds. The Morgan fingerprint density at radius 3 is 2.27 bits per heavy atom. The molecule has 0 radical (unpaired) electrons. The third-order valence-electron chi connectivity index (χ3n) is 3.53. The van der Waals surface area contributed by atoms with Crippen LogP contribution in [0.2, 0.25) is 0 Å². The van der Waals surface area contributed by atoms with Crippen LogP contribution in [-0.2, 0) is 10.0 Å². The van der Waals surface area contributed by atoms with Crippen LogP contribution in [0, 0.1) is 6.92 Å². The fraction of sp³-hybridized carbons (Fsp3) is 0.0588. The zero-order chi connectivity index (χ0) is 15.7. The number of aryl methyl sites for hydroxylation is 1. The van der Waals surface area contributed by atoms with Gasteiger partial charge in [-0.3, -0.25) is 0 Å². The molecule has 0 aliphatic rings. The number of sulfonamides is 1. The third kappa shape index (κ3) is 2.68. The van der Waals surface area contributed by atoms with E-state index in [1.807, 2.05) is 54.1 Å². The maximum absolute atomic E-state index is 11.8. The van der Waals surface area contributed by atoms with Crippen molar-refractivity contribution in [1.82, 2.24) is 4.57 Å². The zero-order valence-electron chi connectivity index (χ0n) is 12.1. The van der Waals surface area contributed by atoms with Gasteiger partial charge in [-0.2, -0.15) is 0 Å². The van der Waals surface area contributed by atoms with Crippen molar-refractivity contribution in [1.29, 1.82) is 0 Å². The summed E-state index contributed by atoms with van der Waals surface area (Å²) in [6, 6.07) is 18.6. The minimum atomic E-state index is -3.79. The van der Waals surface area contributed by atoms with Gasteiger partial charge in [0.25, 0.3) is 0 Å². The molecule has 0 aliphatic carbocycles. The first-order valence-corrected chi connectivity index (χ1v) is 8.38. The molecule has 2 aromatic carbocycles. The number of benzene rings is 2. The normalized spacial score (nSPS) is 11.5. The molecule has 22 heavy (non-hydrogen) atoms. The maximum Gasteiger partial charge on any atom is 0.240 e. The van der Waals surface area contributed by atoms with Gasteiger partial charge in [0.15, 0.2) is 0 Å². The summed E-state index contributed by atoms with van der Waals surface area (Å²) < 4.78 is 25.4. The Balaban J connectivity index is 2.20. The van der Waals surface area contributed by atoms with Gasteiger partial charge in [0.2, 0.25) is 10.0 Å². The summed E-state index contributed by atoms with van der Waals surface area (Å²) in [5.74, 6) is 0. The minimum absolute atomic E-state index is 0.111. The second-order valence-corrected chi connectivity index (χ2v) is 6.67. The van der Waals surface area contributed by atoms with E-state index in [-0.39, 0.29) is 4.90 Å². The molecule has 1 heterocycles. The molecule has 0 atom stereocenters. The second-order valence-electron chi connectivity index (χ2n) is 5.14. The largest absolute Gasteiger partial charge is 0.315 e. The van der Waals surface area contributed by atoms with E-state index in [4.69, 9.17) is 5.14 Å². The fourth-order valence-electron chi connectivity index (χ4n) is 2.45. The Morgan fingerprint density at radius 1 is 0.909 bits per heavy atom. The lowest BCUT2D eigenvalue weighted by atomic mass is 10.1. The monoisotopic (exact) mass is 312 g/mol. The lowest BCUT2D eigenvalue weighted by molar-refractivity contribution is 0.597. The predicted molar refractivity (Wildman–Crippen MR) is 87.3 cm³/mol. The number of primary sulfonamides is 1. The Hall–Kier alpha value is -2.37. The summed E-state index contributed by atoms with van der Waals surface area (Å²) in [4.78, 5) is 0.111. The van der Waals surface area contributed by atoms with Crippen molar-refractivity contribution in [2.45, 2.75) is 11.8 Å². The highest BCUT2D eigenvalue weighted by molar-refractivity contribution is 7.89. The molecule has 0 fully saturated rings. The van der Waals surface area contributed by atoms with Crippen molar-refractivity contribution in [3.8, 4) is 16.9 Å². The highest BCUT2D eigenvalue weighted by Crippen LogP contribution is 2.27. The standard InChI is InChI=1S/C17H16N2O2S/c1-13-8-10-14(11-9-13)15-6-4-12-19(15)16-5-2-3-7-17(16)22(18,20)21/h2-12H,1H3,(H2,18,20,21). The van der Waals surface area contributed by atoms with Crippen LogP contribution < -0.4 is 5.14 Å². The smallest absolute Gasteiger partial charge is 0.240 e. The molecule has 0 saturated carbocycles. The number of rotatable bonds is 3. The van der Waals surface area contributed by atoms with Crippen LogP contribution in [0.1, 0.15) is 5.56 Å². The van der Waals surface area contributed by atoms with Gasteiger partial charge in [0.05, 0.1) is 11.4 Å². The van der Waals surface area contributed by atoms with Crippen LogP contribution in [0.4, 0.5) is 0 Å². The summed E-state index contributed by atoms with van der Waals surface area (Å²) in [5.41, 5.74) is 3.65. The number of para-hydroxylation sites is 1. The van der Waals surface area contributed by atoms with Gasteiger partial charge in [-0.15, -0.1) is 0 Å². The first kappa shape index (κ1) is 14.6. The molecular formula is C17H16N2O2S. The van der Waals surface area contributed by atoms with Crippen molar-refractivity contribution in [3.05, 3.63) is 72.4 Å². The van der Waals surface area contributed by atoms with Crippen LogP contribution in [0.15, 0.2) is 71.8 Å². The van der Waals surface area contributed by atoms with Gasteiger partial charge in [0.1, 0.15) is 4.90 Å². The van der Waals surface area contributed by atoms with E-state index in [1.165, 1.54) is 11.6 Å². The molecule has 0 saturated heterocycles. The summed E-state index contributed by atoms with van der Waals surface area (Å²) >= 11 is 0. The molecular weight excluding hydrogens is 296 g/mol. The summed E-state index contributed by atoms with van der Waals surface area (Å²) in [7, 11) is -3.79. The zero-order valence-corrected chi connectivity index (χ0v) is 12.9. The van der Waals surface area contributed by atoms with Crippen molar-refractivity contribution in [2.24, 2.45) is 5.14 Å². The molecule has 0 unspecified atom stereocenters. The summed E-state index contributed by atoms with van der Waals surface area (Å²) in [6.45, 7) is 2.03. The van der Waals surface area contributed by atoms with Gasteiger partial charge in [-0.25, -0.2) is 13.6 Å². The Morgan fingerprint density at radius 2 is 1.59 bits per heavy atom. The number of nitrogens with zero attached hydrogens (tertiary/aromatic N) is 1.